The molecule has 0 atom stereocenters. The Morgan fingerprint density at radius 3 is 1.86 bits per heavy atom. The molecule has 0 saturated heterocycles. The van der Waals surface area contributed by atoms with E-state index in [0.29, 0.717) is 11.5 Å². The number of aromatic nitrogens is 4. The summed E-state index contributed by atoms with van der Waals surface area (Å²) in [5.74, 6) is 2.44. The van der Waals surface area contributed by atoms with Crippen molar-refractivity contribution < 1.29 is 30.4 Å². The maximum Gasteiger partial charge on any atom is 0.268 e. The molecule has 0 amide bonds. The van der Waals surface area contributed by atoms with E-state index in [2.05, 4.69) is 253 Å². The van der Waals surface area contributed by atoms with Crippen LogP contribution in [0.25, 0.3) is 94.5 Å². The van der Waals surface area contributed by atoms with Crippen molar-refractivity contribution in [2.45, 2.75) is 38.0 Å². The Hall–Kier alpha value is -8.89. The summed E-state index contributed by atoms with van der Waals surface area (Å²) in [6.07, 6.45) is 5.78. The first-order valence-electron chi connectivity index (χ1n) is 26.6. The minimum atomic E-state index is -0.0377. The van der Waals surface area contributed by atoms with Crippen LogP contribution in [0.15, 0.2) is 225 Å². The molecule has 4 heterocycles. The summed E-state index contributed by atoms with van der Waals surface area (Å²) in [7, 11) is 0. The Kier molecular flexibility index (Phi) is 10.5. The molecule has 13 aromatic rings. The molecular formula is C72H48N4OPt-2. The molecule has 6 heteroatoms. The van der Waals surface area contributed by atoms with Crippen LogP contribution in [0.3, 0.4) is 0 Å². The molecule has 10 aromatic carbocycles. The van der Waals surface area contributed by atoms with Crippen LogP contribution in [0.2, 0.25) is 0 Å². The van der Waals surface area contributed by atoms with Crippen LogP contribution in [-0.4, -0.2) is 14.1 Å². The van der Waals surface area contributed by atoms with Crippen molar-refractivity contribution in [2.24, 2.45) is 0 Å². The first-order chi connectivity index (χ1) is 37.8. The maximum atomic E-state index is 6.74. The van der Waals surface area contributed by atoms with Gasteiger partial charge in [-0.1, -0.05) is 178 Å². The van der Waals surface area contributed by atoms with E-state index in [4.69, 9.17) is 9.72 Å². The van der Waals surface area contributed by atoms with Gasteiger partial charge in [0.25, 0.3) is 6.33 Å². The average Bonchev–Trinajstić information content (AvgIpc) is 4.14. The first kappa shape index (κ1) is 46.4. The predicted octanol–water partition coefficient (Wildman–Crippen LogP) is 16.9. The van der Waals surface area contributed by atoms with Gasteiger partial charge < -0.3 is 13.9 Å². The molecule has 1 aliphatic heterocycles. The van der Waals surface area contributed by atoms with E-state index in [1.165, 1.54) is 66.8 Å². The molecule has 4 aliphatic rings. The zero-order chi connectivity index (χ0) is 51.1. The molecule has 374 valence electrons. The van der Waals surface area contributed by atoms with Crippen LogP contribution in [0.4, 0.5) is 0 Å². The van der Waals surface area contributed by atoms with Gasteiger partial charge in [-0.25, -0.2) is 4.98 Å². The summed E-state index contributed by atoms with van der Waals surface area (Å²) in [5, 5.41) is 2.22. The fourth-order valence-corrected chi connectivity index (χ4v) is 13.0. The van der Waals surface area contributed by atoms with Crippen LogP contribution in [0.5, 0.6) is 11.5 Å². The number of benzene rings is 10. The van der Waals surface area contributed by atoms with E-state index in [-0.39, 0.29) is 38.3 Å². The van der Waals surface area contributed by atoms with E-state index >= 15 is 0 Å². The fourth-order valence-electron chi connectivity index (χ4n) is 13.0. The first-order valence-corrected chi connectivity index (χ1v) is 26.6. The van der Waals surface area contributed by atoms with Gasteiger partial charge in [-0.3, -0.25) is 4.57 Å². The van der Waals surface area contributed by atoms with Gasteiger partial charge in [0.1, 0.15) is 5.82 Å². The summed E-state index contributed by atoms with van der Waals surface area (Å²) < 4.78 is 13.3. The zero-order valence-corrected chi connectivity index (χ0v) is 45.3. The molecule has 0 fully saturated rings. The normalized spacial score (nSPS) is 14.5. The molecule has 78 heavy (non-hydrogen) atoms. The number of ether oxygens (including phenoxy) is 1. The molecule has 2 bridgehead atoms. The van der Waals surface area contributed by atoms with Gasteiger partial charge in [-0.2, -0.15) is 18.2 Å². The Morgan fingerprint density at radius 1 is 0.474 bits per heavy atom. The summed E-state index contributed by atoms with van der Waals surface area (Å²) in [6, 6.07) is 87.0. The molecule has 5 nitrogen and oxygen atoms in total. The number of hydrogen-bond acceptors (Lipinski definition) is 2. The van der Waals surface area contributed by atoms with E-state index in [9.17, 15) is 0 Å². The molecule has 3 aliphatic carbocycles. The molecule has 0 spiro atoms. The molecular weight excluding hydrogens is 1130 g/mol. The van der Waals surface area contributed by atoms with Crippen LogP contribution >= 0.6 is 0 Å². The van der Waals surface area contributed by atoms with Crippen molar-refractivity contribution in [1.29, 1.82) is 0 Å². The fraction of sp³-hybridized carbons (Fsp3) is 0.0833. The van der Waals surface area contributed by atoms with Gasteiger partial charge in [0.15, 0.2) is 0 Å². The van der Waals surface area contributed by atoms with E-state index in [1.807, 2.05) is 24.4 Å². The predicted molar refractivity (Wildman–Crippen MR) is 309 cm³/mol. The van der Waals surface area contributed by atoms with E-state index in [1.54, 1.807) is 0 Å². The average molecular weight is 1180 g/mol. The second-order valence-corrected chi connectivity index (χ2v) is 21.8. The Bertz CT molecular complexity index is 4580. The van der Waals surface area contributed by atoms with Crippen molar-refractivity contribution in [1.82, 2.24) is 14.1 Å². The number of para-hydroxylation sites is 3. The molecule has 3 aromatic heterocycles. The van der Waals surface area contributed by atoms with Crippen molar-refractivity contribution in [3.63, 3.8) is 0 Å². The maximum absolute atomic E-state index is 6.74. The van der Waals surface area contributed by atoms with Gasteiger partial charge >= 0.3 is 0 Å². The second kappa shape index (κ2) is 17.6. The van der Waals surface area contributed by atoms with Gasteiger partial charge in [0.2, 0.25) is 0 Å². The van der Waals surface area contributed by atoms with Crippen LogP contribution in [-0.2, 0) is 26.5 Å². The number of hydrogen-bond donors (Lipinski definition) is 0. The van der Waals surface area contributed by atoms with Gasteiger partial charge in [-0.05, 0) is 136 Å². The number of pyridine rings is 1. The monoisotopic (exact) mass is 1180 g/mol. The zero-order valence-electron chi connectivity index (χ0n) is 43.0. The van der Waals surface area contributed by atoms with Crippen molar-refractivity contribution in [3.05, 3.63) is 282 Å². The summed E-state index contributed by atoms with van der Waals surface area (Å²) in [4.78, 5) is 4.89. The van der Waals surface area contributed by atoms with Crippen LogP contribution in [0, 0.1) is 18.5 Å². The Labute approximate surface area is 467 Å². The number of nitrogens with zero attached hydrogens (tertiary/aromatic N) is 4. The smallest absolute Gasteiger partial charge is 0.268 e. The van der Waals surface area contributed by atoms with Crippen LogP contribution in [0.1, 0.15) is 71.6 Å². The van der Waals surface area contributed by atoms with Crippen LogP contribution < -0.4 is 9.30 Å². The molecule has 0 saturated carbocycles. The minimum Gasteiger partial charge on any atom is -0.510 e. The van der Waals surface area contributed by atoms with Crippen molar-refractivity contribution in [2.75, 3.05) is 0 Å². The second-order valence-electron chi connectivity index (χ2n) is 21.8. The summed E-state index contributed by atoms with van der Waals surface area (Å²) >= 11 is 0. The quantitative estimate of drug-likeness (QED) is 0.127. The van der Waals surface area contributed by atoms with E-state index < -0.39 is 0 Å². The summed E-state index contributed by atoms with van der Waals surface area (Å²) in [5.41, 5.74) is 25.0. The third kappa shape index (κ3) is 6.97. The number of imidazole rings is 1. The third-order valence-corrected chi connectivity index (χ3v) is 16.5. The van der Waals surface area contributed by atoms with Crippen molar-refractivity contribution >= 4 is 32.8 Å². The molecule has 0 N–H and O–H groups in total. The van der Waals surface area contributed by atoms with Gasteiger partial charge in [-0.15, -0.1) is 29.7 Å². The number of rotatable bonds is 5. The van der Waals surface area contributed by atoms with Gasteiger partial charge in [0.05, 0.1) is 16.7 Å². The molecule has 0 radical (unpaired) electrons. The number of fused-ring (bicyclic) bond motifs is 10. The largest absolute Gasteiger partial charge is 0.510 e. The van der Waals surface area contributed by atoms with E-state index in [0.717, 1.165) is 66.7 Å². The molecule has 17 rings (SSSR count). The molecule has 0 unspecified atom stereocenters. The topological polar surface area (TPSA) is 35.9 Å². The summed E-state index contributed by atoms with van der Waals surface area (Å²) in [6.45, 7) is 6.69. The van der Waals surface area contributed by atoms with Crippen molar-refractivity contribution in [3.8, 4) is 73.2 Å². The Balaban J connectivity index is 0.00000529. The Morgan fingerprint density at radius 2 is 1.08 bits per heavy atom. The standard InChI is InChI=1S/C72H48N4O.Pt/c1-72(2,3)46-36-37-73-68(40-46)76-65-28-13-11-20-53(65)55-35-32-49(42-67(55)76)77-48-17-14-16-47(41-48)74-43-75-64-27-12-10-21-54(64)62-38-44(30-33-52(62)50-18-4-5-19-51(50)61-26-15-29-66(74)71(61)75)45-31-34-60-63(39-45)70-58-24-8-6-22-56(58)69(60)57-23-7-9-25-59(57)70;/h4-40,69-70H,1-3H3;/q-2;. The minimum absolute atomic E-state index is 0. The third-order valence-electron chi connectivity index (χ3n) is 16.5. The SMILES string of the molecule is CC(C)(C)c1ccnc(-n2c3[c-]c(Oc4[c-]c(-n5[c-][n+]6c7c(cccc75)-c5ccccc5-c5ccc(-c7ccc8c(c7)C7c9ccccc9C8c8ccccc87)cc5-c5ccccc5-6)ccc4)ccc3c3ccccc32)c1.[Pt]. The van der Waals surface area contributed by atoms with Gasteiger partial charge in [0, 0.05) is 56.1 Å².